The minimum absolute atomic E-state index is 0.254. The van der Waals surface area contributed by atoms with Gasteiger partial charge in [-0.2, -0.15) is 0 Å². The number of carboxylic acids is 1. The summed E-state index contributed by atoms with van der Waals surface area (Å²) in [6.07, 6.45) is 2.61. The van der Waals surface area contributed by atoms with E-state index in [1.807, 2.05) is 0 Å². The molecule has 0 aromatic carbocycles. The number of nitrogens with zero attached hydrogens (tertiary/aromatic N) is 2. The fourth-order valence-electron chi connectivity index (χ4n) is 1.89. The lowest BCUT2D eigenvalue weighted by Crippen LogP contribution is -2.29. The average Bonchev–Trinajstić information content (AvgIpc) is 2.32. The van der Waals surface area contributed by atoms with Crippen LogP contribution in [0.4, 0.5) is 0 Å². The predicted molar refractivity (Wildman–Crippen MR) is 71.4 cm³/mol. The van der Waals surface area contributed by atoms with Crippen LogP contribution in [0.25, 0.3) is 0 Å². The lowest BCUT2D eigenvalue weighted by molar-refractivity contribution is -0.137. The van der Waals surface area contributed by atoms with Crippen molar-refractivity contribution < 1.29 is 9.90 Å². The molecule has 0 heterocycles. The lowest BCUT2D eigenvalue weighted by atomic mass is 10.2. The van der Waals surface area contributed by atoms with E-state index in [9.17, 15) is 4.79 Å². The maximum atomic E-state index is 10.5. The topological polar surface area (TPSA) is 43.8 Å². The van der Waals surface area contributed by atoms with Crippen LogP contribution < -0.4 is 0 Å². The molecule has 4 heteroatoms. The molecule has 0 radical (unpaired) electrons. The number of hydrogen-bond acceptors (Lipinski definition) is 3. The molecule has 0 spiro atoms. The van der Waals surface area contributed by atoms with Gasteiger partial charge in [0.1, 0.15) is 0 Å². The Morgan fingerprint density at radius 2 is 1.35 bits per heavy atom. The third-order valence-electron chi connectivity index (χ3n) is 3.18. The fourth-order valence-corrected chi connectivity index (χ4v) is 1.89. The molecule has 1 N–H and O–H groups in total. The van der Waals surface area contributed by atoms with E-state index in [1.165, 1.54) is 6.42 Å². The highest BCUT2D eigenvalue weighted by molar-refractivity contribution is 5.66. The zero-order valence-electron chi connectivity index (χ0n) is 11.6. The molecule has 0 aliphatic carbocycles. The van der Waals surface area contributed by atoms with Crippen LogP contribution in [0.1, 0.15) is 40.0 Å². The molecule has 0 unspecified atom stereocenters. The second-order valence-corrected chi connectivity index (χ2v) is 4.31. The van der Waals surface area contributed by atoms with Gasteiger partial charge in [-0.1, -0.05) is 20.8 Å². The Hall–Kier alpha value is -0.610. The average molecular weight is 244 g/mol. The van der Waals surface area contributed by atoms with Gasteiger partial charge in [-0.25, -0.2) is 0 Å². The van der Waals surface area contributed by atoms with Crippen LogP contribution in [-0.4, -0.2) is 60.1 Å². The largest absolute Gasteiger partial charge is 0.481 e. The third-order valence-corrected chi connectivity index (χ3v) is 3.18. The molecule has 0 aromatic rings. The molecule has 0 fully saturated rings. The van der Waals surface area contributed by atoms with Crippen LogP contribution in [-0.2, 0) is 4.79 Å². The second-order valence-electron chi connectivity index (χ2n) is 4.31. The number of hydrogen-bond donors (Lipinski definition) is 1. The quantitative estimate of drug-likeness (QED) is 0.564. The standard InChI is InChI=1S/C13H28N2O2/c1-4-14(5-2)10-7-8-11-15(6-3)12-9-13(16)17/h4-12H2,1-3H3,(H,16,17). The van der Waals surface area contributed by atoms with E-state index < -0.39 is 5.97 Å². The van der Waals surface area contributed by atoms with Crippen molar-refractivity contribution >= 4 is 5.97 Å². The summed E-state index contributed by atoms with van der Waals surface area (Å²) in [5.74, 6) is -0.702. The van der Waals surface area contributed by atoms with Crippen molar-refractivity contribution in [3.8, 4) is 0 Å². The van der Waals surface area contributed by atoms with Crippen LogP contribution >= 0.6 is 0 Å². The Bertz CT molecular complexity index is 194. The first-order valence-electron chi connectivity index (χ1n) is 6.80. The Kier molecular flexibility index (Phi) is 10.2. The minimum Gasteiger partial charge on any atom is -0.481 e. The number of carbonyl (C=O) groups is 1. The molecule has 0 aliphatic heterocycles. The Morgan fingerprint density at radius 1 is 0.882 bits per heavy atom. The fraction of sp³-hybridized carbons (Fsp3) is 0.923. The van der Waals surface area contributed by atoms with Gasteiger partial charge in [0.2, 0.25) is 0 Å². The van der Waals surface area contributed by atoms with Crippen LogP contribution in [0.2, 0.25) is 0 Å². The van der Waals surface area contributed by atoms with Crippen molar-refractivity contribution in [3.05, 3.63) is 0 Å². The molecule has 0 aromatic heterocycles. The Balaban J connectivity index is 3.58. The maximum absolute atomic E-state index is 10.5. The summed E-state index contributed by atoms with van der Waals surface area (Å²) in [4.78, 5) is 15.1. The molecule has 0 atom stereocenters. The Labute approximate surface area is 106 Å². The molecular weight excluding hydrogens is 216 g/mol. The highest BCUT2D eigenvalue weighted by Gasteiger charge is 2.05. The van der Waals surface area contributed by atoms with E-state index in [-0.39, 0.29) is 6.42 Å². The number of rotatable bonds is 11. The minimum atomic E-state index is -0.702. The van der Waals surface area contributed by atoms with Gasteiger partial charge >= 0.3 is 5.97 Å². The summed E-state index contributed by atoms with van der Waals surface area (Å²) in [6.45, 7) is 12.5. The van der Waals surface area contributed by atoms with Gasteiger partial charge in [0.25, 0.3) is 0 Å². The van der Waals surface area contributed by atoms with E-state index in [4.69, 9.17) is 5.11 Å². The van der Waals surface area contributed by atoms with Crippen LogP contribution in [0.3, 0.4) is 0 Å². The first-order chi connectivity index (χ1) is 8.13. The van der Waals surface area contributed by atoms with Gasteiger partial charge < -0.3 is 14.9 Å². The highest BCUT2D eigenvalue weighted by Crippen LogP contribution is 1.99. The summed E-state index contributed by atoms with van der Waals surface area (Å²) in [7, 11) is 0. The molecule has 0 saturated heterocycles. The molecule has 102 valence electrons. The summed E-state index contributed by atoms with van der Waals surface area (Å²) in [5, 5.41) is 8.63. The second kappa shape index (κ2) is 10.5. The number of unbranched alkanes of at least 4 members (excludes halogenated alkanes) is 1. The van der Waals surface area contributed by atoms with Crippen molar-refractivity contribution in [2.45, 2.75) is 40.0 Å². The van der Waals surface area contributed by atoms with Crippen LogP contribution in [0, 0.1) is 0 Å². The van der Waals surface area contributed by atoms with Gasteiger partial charge in [-0.15, -0.1) is 0 Å². The summed E-state index contributed by atoms with van der Waals surface area (Å²) in [6, 6.07) is 0. The van der Waals surface area contributed by atoms with Crippen LogP contribution in [0.5, 0.6) is 0 Å². The van der Waals surface area contributed by atoms with Crippen LogP contribution in [0.15, 0.2) is 0 Å². The summed E-state index contributed by atoms with van der Waals surface area (Å²) in [5.41, 5.74) is 0. The van der Waals surface area contributed by atoms with Crippen molar-refractivity contribution in [1.82, 2.24) is 9.80 Å². The summed E-state index contributed by atoms with van der Waals surface area (Å²) < 4.78 is 0. The zero-order chi connectivity index (χ0) is 13.1. The Morgan fingerprint density at radius 3 is 1.76 bits per heavy atom. The monoisotopic (exact) mass is 244 g/mol. The highest BCUT2D eigenvalue weighted by atomic mass is 16.4. The molecule has 4 nitrogen and oxygen atoms in total. The van der Waals surface area contributed by atoms with Gasteiger partial charge in [-0.05, 0) is 45.6 Å². The van der Waals surface area contributed by atoms with Crippen molar-refractivity contribution in [2.75, 3.05) is 39.3 Å². The first kappa shape index (κ1) is 16.4. The molecule has 0 saturated carbocycles. The zero-order valence-corrected chi connectivity index (χ0v) is 11.6. The third kappa shape index (κ3) is 9.12. The molecular formula is C13H28N2O2. The van der Waals surface area contributed by atoms with E-state index in [1.54, 1.807) is 0 Å². The SMILES string of the molecule is CCN(CC)CCCCN(CC)CCC(=O)O. The smallest absolute Gasteiger partial charge is 0.304 e. The maximum Gasteiger partial charge on any atom is 0.304 e. The first-order valence-corrected chi connectivity index (χ1v) is 6.80. The lowest BCUT2D eigenvalue weighted by Gasteiger charge is -2.21. The van der Waals surface area contributed by atoms with Crippen molar-refractivity contribution in [1.29, 1.82) is 0 Å². The molecule has 17 heavy (non-hydrogen) atoms. The predicted octanol–water partition coefficient (Wildman–Crippen LogP) is 1.91. The molecule has 0 rings (SSSR count). The van der Waals surface area contributed by atoms with Crippen molar-refractivity contribution in [2.24, 2.45) is 0 Å². The number of aliphatic carboxylic acids is 1. The number of carboxylic acid groups (broad SMARTS) is 1. The molecule has 0 amide bonds. The van der Waals surface area contributed by atoms with Gasteiger partial charge in [-0.3, -0.25) is 4.79 Å². The normalized spacial score (nSPS) is 11.4. The van der Waals surface area contributed by atoms with E-state index >= 15 is 0 Å². The van der Waals surface area contributed by atoms with E-state index in [0.29, 0.717) is 6.54 Å². The molecule has 0 bridgehead atoms. The van der Waals surface area contributed by atoms with E-state index in [0.717, 1.165) is 39.1 Å². The van der Waals surface area contributed by atoms with E-state index in [2.05, 4.69) is 30.6 Å². The van der Waals surface area contributed by atoms with Gasteiger partial charge in [0.05, 0.1) is 6.42 Å². The summed E-state index contributed by atoms with van der Waals surface area (Å²) >= 11 is 0. The van der Waals surface area contributed by atoms with Crippen molar-refractivity contribution in [3.63, 3.8) is 0 Å². The molecule has 0 aliphatic rings. The van der Waals surface area contributed by atoms with Gasteiger partial charge in [0, 0.05) is 6.54 Å². The van der Waals surface area contributed by atoms with Gasteiger partial charge in [0.15, 0.2) is 0 Å².